The maximum Gasteiger partial charge on any atom is 0.273 e. The first-order valence-corrected chi connectivity index (χ1v) is 7.85. The van der Waals surface area contributed by atoms with Gasteiger partial charge in [0.1, 0.15) is 11.5 Å². The van der Waals surface area contributed by atoms with Gasteiger partial charge in [-0.05, 0) is 5.56 Å². The molecule has 124 valence electrons. The molecule has 0 bridgehead atoms. The van der Waals surface area contributed by atoms with Crippen LogP contribution in [0.5, 0.6) is 0 Å². The lowest BCUT2D eigenvalue weighted by Crippen LogP contribution is -2.22. The number of hydrogen-bond acceptors (Lipinski definition) is 5. The van der Waals surface area contributed by atoms with Gasteiger partial charge in [0.15, 0.2) is 6.10 Å². The number of anilines is 1. The predicted molar refractivity (Wildman–Crippen MR) is 91.7 cm³/mol. The first kappa shape index (κ1) is 16.1. The molecular formula is C18H20N4O2. The Kier molecular flexibility index (Phi) is 4.29. The van der Waals surface area contributed by atoms with Crippen LogP contribution >= 0.6 is 0 Å². The summed E-state index contributed by atoms with van der Waals surface area (Å²) in [5.74, 6) is 0.437. The summed E-state index contributed by atoms with van der Waals surface area (Å²) in [4.78, 5) is 26.3. The van der Waals surface area contributed by atoms with E-state index in [1.165, 1.54) is 0 Å². The minimum absolute atomic E-state index is 0.130. The van der Waals surface area contributed by atoms with Crippen LogP contribution in [0.1, 0.15) is 44.7 Å². The minimum Gasteiger partial charge on any atom is -0.387 e. The summed E-state index contributed by atoms with van der Waals surface area (Å²) in [6.45, 7) is 6.11. The van der Waals surface area contributed by atoms with E-state index < -0.39 is 0 Å². The first-order valence-electron chi connectivity index (χ1n) is 7.85. The van der Waals surface area contributed by atoms with Gasteiger partial charge in [0, 0.05) is 11.8 Å². The fourth-order valence-corrected chi connectivity index (χ4v) is 2.34. The van der Waals surface area contributed by atoms with Crippen LogP contribution in [0.4, 0.5) is 5.69 Å². The molecule has 2 heterocycles. The van der Waals surface area contributed by atoms with E-state index >= 15 is 0 Å². The van der Waals surface area contributed by atoms with Crippen LogP contribution in [0.25, 0.3) is 0 Å². The van der Waals surface area contributed by atoms with Crippen molar-refractivity contribution in [1.29, 1.82) is 0 Å². The molecule has 1 atom stereocenters. The quantitative estimate of drug-likeness (QED) is 0.940. The van der Waals surface area contributed by atoms with Crippen molar-refractivity contribution in [3.8, 4) is 0 Å². The third kappa shape index (κ3) is 3.59. The van der Waals surface area contributed by atoms with Gasteiger partial charge in [0.25, 0.3) is 5.91 Å². The summed E-state index contributed by atoms with van der Waals surface area (Å²) in [5.41, 5.74) is 1.78. The molecule has 2 aromatic rings. The molecule has 1 amide bonds. The normalized spacial score (nSPS) is 17.1. The van der Waals surface area contributed by atoms with Crippen molar-refractivity contribution >= 4 is 17.3 Å². The molecule has 1 aliphatic heterocycles. The van der Waals surface area contributed by atoms with Crippen LogP contribution in [0.15, 0.2) is 47.9 Å². The fraction of sp³-hybridized carbons (Fsp3) is 0.333. The molecule has 1 unspecified atom stereocenters. The van der Waals surface area contributed by atoms with Gasteiger partial charge in [-0.1, -0.05) is 56.3 Å². The van der Waals surface area contributed by atoms with Gasteiger partial charge in [-0.2, -0.15) is 0 Å². The zero-order valence-electron chi connectivity index (χ0n) is 14.0. The lowest BCUT2D eigenvalue weighted by molar-refractivity contribution is -0.110. The molecule has 0 spiro atoms. The highest BCUT2D eigenvalue weighted by Gasteiger charge is 2.27. The largest absolute Gasteiger partial charge is 0.387 e. The molecule has 0 aliphatic carbocycles. The van der Waals surface area contributed by atoms with Crippen LogP contribution in [-0.4, -0.2) is 21.6 Å². The molecule has 1 aromatic carbocycles. The predicted octanol–water partition coefficient (Wildman–Crippen LogP) is 3.23. The van der Waals surface area contributed by atoms with Crippen LogP contribution in [0.2, 0.25) is 0 Å². The number of hydrogen-bond donors (Lipinski definition) is 1. The Labute approximate surface area is 141 Å². The monoisotopic (exact) mass is 324 g/mol. The zero-order chi connectivity index (χ0) is 17.2. The first-order chi connectivity index (χ1) is 11.4. The van der Waals surface area contributed by atoms with Crippen LogP contribution in [0, 0.1) is 0 Å². The molecule has 0 fully saturated rings. The average molecular weight is 324 g/mol. The Balaban J connectivity index is 1.62. The van der Waals surface area contributed by atoms with Gasteiger partial charge in [-0.25, -0.2) is 9.97 Å². The highest BCUT2D eigenvalue weighted by molar-refractivity contribution is 6.43. The highest BCUT2D eigenvalue weighted by Crippen LogP contribution is 2.27. The lowest BCUT2D eigenvalue weighted by Gasteiger charge is -2.16. The highest BCUT2D eigenvalue weighted by atomic mass is 16.6. The number of benzene rings is 1. The fourth-order valence-electron chi connectivity index (χ4n) is 2.34. The number of carbonyl (C=O) groups excluding carboxylic acids is 1. The number of amides is 1. The Morgan fingerprint density at radius 2 is 1.83 bits per heavy atom. The summed E-state index contributed by atoms with van der Waals surface area (Å²) in [7, 11) is 0. The van der Waals surface area contributed by atoms with Crippen molar-refractivity contribution in [3.63, 3.8) is 0 Å². The second-order valence-electron chi connectivity index (χ2n) is 6.75. The van der Waals surface area contributed by atoms with Gasteiger partial charge in [-0.15, -0.1) is 0 Å². The maximum atomic E-state index is 12.3. The summed E-state index contributed by atoms with van der Waals surface area (Å²) >= 11 is 0. The topological polar surface area (TPSA) is 76.5 Å². The standard InChI is InChI=1S/C18H20N4O2/c1-18(2,3)17-19-10-13(11-20-17)21-16(23)14-9-15(24-22-14)12-7-5-4-6-8-12/h4-8,10-11,15H,9H2,1-3H3,(H,21,23). The Morgan fingerprint density at radius 1 is 1.17 bits per heavy atom. The van der Waals surface area contributed by atoms with E-state index in [1.807, 2.05) is 51.1 Å². The number of nitrogens with one attached hydrogen (secondary N) is 1. The molecule has 6 heteroatoms. The van der Waals surface area contributed by atoms with Gasteiger partial charge < -0.3 is 10.2 Å². The van der Waals surface area contributed by atoms with Crippen molar-refractivity contribution in [2.45, 2.75) is 38.7 Å². The Morgan fingerprint density at radius 3 is 2.46 bits per heavy atom. The van der Waals surface area contributed by atoms with Gasteiger partial charge in [0.05, 0.1) is 18.1 Å². The summed E-state index contributed by atoms with van der Waals surface area (Å²) in [5, 5.41) is 6.67. The van der Waals surface area contributed by atoms with E-state index in [0.29, 0.717) is 17.8 Å². The van der Waals surface area contributed by atoms with E-state index in [-0.39, 0.29) is 17.4 Å². The van der Waals surface area contributed by atoms with E-state index in [1.54, 1.807) is 12.4 Å². The summed E-state index contributed by atoms with van der Waals surface area (Å²) < 4.78 is 0. The third-order valence-electron chi connectivity index (χ3n) is 3.68. The number of aromatic nitrogens is 2. The molecule has 1 aromatic heterocycles. The summed E-state index contributed by atoms with van der Waals surface area (Å²) in [6, 6.07) is 9.73. The summed E-state index contributed by atoms with van der Waals surface area (Å²) in [6.07, 6.45) is 3.44. The van der Waals surface area contributed by atoms with Crippen molar-refractivity contribution in [2.75, 3.05) is 5.32 Å². The molecular weight excluding hydrogens is 304 g/mol. The number of carbonyl (C=O) groups is 1. The van der Waals surface area contributed by atoms with E-state index in [4.69, 9.17) is 4.84 Å². The molecule has 0 saturated carbocycles. The average Bonchev–Trinajstić information content (AvgIpc) is 3.05. The smallest absolute Gasteiger partial charge is 0.273 e. The second kappa shape index (κ2) is 6.39. The van der Waals surface area contributed by atoms with E-state index in [0.717, 1.165) is 11.4 Å². The zero-order valence-corrected chi connectivity index (χ0v) is 14.0. The van der Waals surface area contributed by atoms with E-state index in [2.05, 4.69) is 20.4 Å². The van der Waals surface area contributed by atoms with Gasteiger partial charge in [-0.3, -0.25) is 4.79 Å². The van der Waals surface area contributed by atoms with E-state index in [9.17, 15) is 4.79 Å². The van der Waals surface area contributed by atoms with Gasteiger partial charge >= 0.3 is 0 Å². The molecule has 0 saturated heterocycles. The Bertz CT molecular complexity index is 749. The molecule has 1 aliphatic rings. The van der Waals surface area contributed by atoms with Crippen molar-refractivity contribution in [1.82, 2.24) is 9.97 Å². The molecule has 1 N–H and O–H groups in total. The molecule has 24 heavy (non-hydrogen) atoms. The second-order valence-corrected chi connectivity index (χ2v) is 6.75. The maximum absolute atomic E-state index is 12.3. The van der Waals surface area contributed by atoms with Crippen LogP contribution < -0.4 is 5.32 Å². The number of rotatable bonds is 3. The van der Waals surface area contributed by atoms with Crippen LogP contribution in [-0.2, 0) is 15.0 Å². The molecule has 6 nitrogen and oxygen atoms in total. The van der Waals surface area contributed by atoms with Crippen molar-refractivity contribution in [3.05, 3.63) is 54.1 Å². The van der Waals surface area contributed by atoms with Gasteiger partial charge in [0.2, 0.25) is 0 Å². The number of nitrogens with zero attached hydrogens (tertiary/aromatic N) is 3. The number of oxime groups is 1. The Hall–Kier alpha value is -2.76. The molecule has 0 radical (unpaired) electrons. The van der Waals surface area contributed by atoms with Crippen molar-refractivity contribution < 1.29 is 9.63 Å². The lowest BCUT2D eigenvalue weighted by atomic mass is 9.96. The third-order valence-corrected chi connectivity index (χ3v) is 3.68. The molecule has 3 rings (SSSR count). The van der Waals surface area contributed by atoms with Crippen molar-refractivity contribution in [2.24, 2.45) is 5.16 Å². The van der Waals surface area contributed by atoms with Crippen LogP contribution in [0.3, 0.4) is 0 Å². The SMILES string of the molecule is CC(C)(C)c1ncc(NC(=O)C2=NOC(c3ccccc3)C2)cn1. The minimum atomic E-state index is -0.291.